The molecule has 64 heavy (non-hydrogen) atoms. The number of benzene rings is 2. The Balaban J connectivity index is 0.000000162. The summed E-state index contributed by atoms with van der Waals surface area (Å²) in [6.07, 6.45) is 12.1. The first-order valence-corrected chi connectivity index (χ1v) is 23.3. The van der Waals surface area contributed by atoms with Crippen LogP contribution in [0.3, 0.4) is 0 Å². The second kappa shape index (κ2) is 19.0. The molecule has 4 bridgehead atoms. The second-order valence-electron chi connectivity index (χ2n) is 18.7. The lowest BCUT2D eigenvalue weighted by Gasteiger charge is -2.38. The molecule has 2 aliphatic carbocycles. The SMILES string of the molecule is C/C=C/c1ccc2n(c1=O)C[C@H]1[C@H](CO)[C@@H](C(=O)NCC3CC3)[C@@H]2N1Cc1ccccc1.C/C=C\c1ccc2n(c1=O)C[C@H]1[C@H](CO)[C@@H](C(=O)NCC3CC3)[C@@H]2N1Cc1ccccc1. The Bertz CT molecular complexity index is 2320. The van der Waals surface area contributed by atoms with Crippen molar-refractivity contribution in [1.82, 2.24) is 29.6 Å². The second-order valence-corrected chi connectivity index (χ2v) is 18.7. The van der Waals surface area contributed by atoms with E-state index in [1.807, 2.05) is 108 Å². The van der Waals surface area contributed by atoms with Gasteiger partial charge in [-0.2, -0.15) is 0 Å². The molecular formula is C52H62N6O6. The first-order chi connectivity index (χ1) is 31.2. The van der Waals surface area contributed by atoms with Crippen LogP contribution in [-0.4, -0.2) is 79.3 Å². The number of aliphatic hydroxyl groups excluding tert-OH is 2. The summed E-state index contributed by atoms with van der Waals surface area (Å²) in [6.45, 7) is 7.41. The minimum Gasteiger partial charge on any atom is -0.396 e. The molecule has 0 spiro atoms. The summed E-state index contributed by atoms with van der Waals surface area (Å²) in [4.78, 5) is 57.9. The van der Waals surface area contributed by atoms with Crippen LogP contribution in [0.2, 0.25) is 0 Å². The molecule has 12 heteroatoms. The molecule has 0 unspecified atom stereocenters. The topological polar surface area (TPSA) is 149 Å². The lowest BCUT2D eigenvalue weighted by molar-refractivity contribution is -0.128. The third kappa shape index (κ3) is 8.60. The molecule has 4 aliphatic heterocycles. The number of carbonyl (C=O) groups excluding carboxylic acids is 2. The van der Waals surface area contributed by atoms with Crippen LogP contribution in [-0.2, 0) is 35.8 Å². The van der Waals surface area contributed by atoms with E-state index >= 15 is 0 Å². The molecule has 2 aromatic carbocycles. The summed E-state index contributed by atoms with van der Waals surface area (Å²) in [5.41, 5.74) is 5.34. The van der Waals surface area contributed by atoms with Gasteiger partial charge >= 0.3 is 0 Å². The molecule has 336 valence electrons. The van der Waals surface area contributed by atoms with Crippen molar-refractivity contribution in [3.63, 3.8) is 0 Å². The van der Waals surface area contributed by atoms with E-state index in [2.05, 4.69) is 44.7 Å². The molecule has 2 saturated heterocycles. The Morgan fingerprint density at radius 1 is 0.594 bits per heavy atom. The summed E-state index contributed by atoms with van der Waals surface area (Å²) in [5.74, 6) is -0.0157. The van der Waals surface area contributed by atoms with Crippen LogP contribution in [0.1, 0.15) is 85.3 Å². The Hall–Kier alpha value is -5.40. The Morgan fingerprint density at radius 3 is 1.33 bits per heavy atom. The van der Waals surface area contributed by atoms with Crippen LogP contribution in [0.15, 0.2) is 107 Å². The van der Waals surface area contributed by atoms with E-state index in [0.29, 0.717) is 62.2 Å². The van der Waals surface area contributed by atoms with Crippen molar-refractivity contribution in [2.24, 2.45) is 35.5 Å². The number of aromatic nitrogens is 2. The van der Waals surface area contributed by atoms with E-state index in [1.54, 1.807) is 0 Å². The summed E-state index contributed by atoms with van der Waals surface area (Å²) >= 11 is 0. The molecule has 2 saturated carbocycles. The maximum absolute atomic E-state index is 13.4. The third-order valence-electron chi connectivity index (χ3n) is 14.6. The standard InChI is InChI=1S/2C26H31N3O3/c2*1-2-6-19-11-12-21-24-23(25(31)27-13-17-9-10-17)20(16-30)22(15-29(21)26(19)32)28(24)14-18-7-4-3-5-8-18/h2*2-8,11-12,17,20,22-24,30H,9-10,13-16H2,1H3,(H,27,31)/b6-2+;6-2-/t2*20-,22-,23+,24+/m00/s1. The van der Waals surface area contributed by atoms with Crippen molar-refractivity contribution in [3.8, 4) is 0 Å². The molecule has 8 atom stereocenters. The van der Waals surface area contributed by atoms with E-state index in [4.69, 9.17) is 0 Å². The van der Waals surface area contributed by atoms with Crippen molar-refractivity contribution in [3.05, 3.63) is 151 Å². The van der Waals surface area contributed by atoms with Crippen LogP contribution in [0.4, 0.5) is 0 Å². The largest absolute Gasteiger partial charge is 0.396 e. The van der Waals surface area contributed by atoms with Crippen molar-refractivity contribution in [1.29, 1.82) is 0 Å². The monoisotopic (exact) mass is 866 g/mol. The third-order valence-corrected chi connectivity index (χ3v) is 14.6. The summed E-state index contributed by atoms with van der Waals surface area (Å²) < 4.78 is 3.67. The number of amides is 2. The molecule has 0 radical (unpaired) electrons. The lowest BCUT2D eigenvalue weighted by atomic mass is 9.86. The average Bonchev–Trinajstić information content (AvgIpc) is 4.26. The fourth-order valence-corrected chi connectivity index (χ4v) is 11.1. The van der Waals surface area contributed by atoms with Gasteiger partial charge in [-0.15, -0.1) is 0 Å². The van der Waals surface area contributed by atoms with Gasteiger partial charge in [-0.3, -0.25) is 29.0 Å². The van der Waals surface area contributed by atoms with Gasteiger partial charge in [0.1, 0.15) is 0 Å². The maximum atomic E-state index is 13.4. The number of carbonyl (C=O) groups is 2. The summed E-state index contributed by atoms with van der Waals surface area (Å²) in [5, 5.41) is 27.1. The normalized spacial score (nSPS) is 26.9. The van der Waals surface area contributed by atoms with Gasteiger partial charge < -0.3 is 30.0 Å². The molecule has 4 N–H and O–H groups in total. The molecule has 6 heterocycles. The number of rotatable bonds is 14. The minimum atomic E-state index is -0.381. The van der Waals surface area contributed by atoms with Gasteiger partial charge in [-0.05, 0) is 86.8 Å². The summed E-state index contributed by atoms with van der Waals surface area (Å²) in [7, 11) is 0. The highest BCUT2D eigenvalue weighted by Gasteiger charge is 2.57. The number of hydrogen-bond donors (Lipinski definition) is 4. The van der Waals surface area contributed by atoms with Gasteiger partial charge in [0.2, 0.25) is 11.8 Å². The fourth-order valence-electron chi connectivity index (χ4n) is 11.1. The van der Waals surface area contributed by atoms with Crippen LogP contribution >= 0.6 is 0 Å². The quantitative estimate of drug-likeness (QED) is 0.136. The fraction of sp³-hybridized carbons (Fsp3) is 0.462. The molecule has 2 amide bonds. The predicted octanol–water partition coefficient (Wildman–Crippen LogP) is 5.14. The Morgan fingerprint density at radius 2 is 0.984 bits per heavy atom. The molecule has 4 aromatic rings. The predicted molar refractivity (Wildman–Crippen MR) is 247 cm³/mol. The van der Waals surface area contributed by atoms with Gasteiger partial charge in [0.15, 0.2) is 0 Å². The van der Waals surface area contributed by atoms with E-state index < -0.39 is 0 Å². The van der Waals surface area contributed by atoms with Gasteiger partial charge in [0, 0.05) is 98.9 Å². The van der Waals surface area contributed by atoms with E-state index in [1.165, 1.54) is 36.8 Å². The number of pyridine rings is 2. The van der Waals surface area contributed by atoms with Gasteiger partial charge in [0.05, 0.1) is 23.9 Å². The minimum absolute atomic E-state index is 0.0000544. The highest BCUT2D eigenvalue weighted by molar-refractivity contribution is 5.81. The first kappa shape index (κ1) is 43.8. The number of nitrogens with one attached hydrogen (secondary N) is 2. The van der Waals surface area contributed by atoms with Crippen molar-refractivity contribution >= 4 is 24.0 Å². The lowest BCUT2D eigenvalue weighted by Crippen LogP contribution is -2.46. The van der Waals surface area contributed by atoms with Gasteiger partial charge in [-0.25, -0.2) is 0 Å². The number of fused-ring (bicyclic) bond motifs is 8. The molecule has 4 fully saturated rings. The Labute approximate surface area is 375 Å². The first-order valence-electron chi connectivity index (χ1n) is 23.3. The van der Waals surface area contributed by atoms with Gasteiger partial charge in [-0.1, -0.05) is 85.0 Å². The highest BCUT2D eigenvalue weighted by Crippen LogP contribution is 2.50. The van der Waals surface area contributed by atoms with Crippen LogP contribution in [0.5, 0.6) is 0 Å². The van der Waals surface area contributed by atoms with Crippen molar-refractivity contribution in [2.75, 3.05) is 26.3 Å². The number of allylic oxidation sites excluding steroid dienone is 2. The molecule has 12 nitrogen and oxygen atoms in total. The number of nitrogens with zero attached hydrogens (tertiary/aromatic N) is 4. The van der Waals surface area contributed by atoms with Crippen LogP contribution in [0.25, 0.3) is 12.2 Å². The molecule has 2 aromatic heterocycles. The highest BCUT2D eigenvalue weighted by atomic mass is 16.3. The average molecular weight is 867 g/mol. The van der Waals surface area contributed by atoms with Crippen LogP contribution in [0, 0.1) is 35.5 Å². The number of aliphatic hydroxyl groups is 2. The van der Waals surface area contributed by atoms with E-state index in [-0.39, 0.29) is 84.0 Å². The molecular weight excluding hydrogens is 805 g/mol. The summed E-state index contributed by atoms with van der Waals surface area (Å²) in [6, 6.07) is 27.5. The molecule has 6 aliphatic rings. The van der Waals surface area contributed by atoms with E-state index in [0.717, 1.165) is 11.4 Å². The maximum Gasteiger partial charge on any atom is 0.258 e. The van der Waals surface area contributed by atoms with Crippen LogP contribution < -0.4 is 21.8 Å². The van der Waals surface area contributed by atoms with Crippen molar-refractivity contribution < 1.29 is 19.8 Å². The zero-order valence-corrected chi connectivity index (χ0v) is 37.0. The zero-order valence-electron chi connectivity index (χ0n) is 37.0. The van der Waals surface area contributed by atoms with Gasteiger partial charge in [0.25, 0.3) is 11.1 Å². The number of hydrogen-bond acceptors (Lipinski definition) is 8. The smallest absolute Gasteiger partial charge is 0.258 e. The van der Waals surface area contributed by atoms with E-state index in [9.17, 15) is 29.4 Å². The Kier molecular flexibility index (Phi) is 13.0. The molecule has 10 rings (SSSR count). The van der Waals surface area contributed by atoms with Crippen molar-refractivity contribution in [2.45, 2.75) is 89.9 Å². The zero-order chi connectivity index (χ0) is 44.5.